The Bertz CT molecular complexity index is 978. The van der Waals surface area contributed by atoms with Gasteiger partial charge in [-0.1, -0.05) is 45.1 Å². The molecule has 0 spiro atoms. The summed E-state index contributed by atoms with van der Waals surface area (Å²) in [6.45, 7) is 7.89. The van der Waals surface area contributed by atoms with Gasteiger partial charge in [-0.2, -0.15) is 0 Å². The highest BCUT2D eigenvalue weighted by Gasteiger charge is 2.09. The van der Waals surface area contributed by atoms with Crippen LogP contribution < -0.4 is 11.2 Å². The van der Waals surface area contributed by atoms with Gasteiger partial charge in [0.15, 0.2) is 0 Å². The van der Waals surface area contributed by atoms with Crippen LogP contribution in [0, 0.1) is 0 Å². The third-order valence-corrected chi connectivity index (χ3v) is 4.49. The molecule has 2 unspecified atom stereocenters. The van der Waals surface area contributed by atoms with Crippen molar-refractivity contribution >= 4 is 20.3 Å². The Labute approximate surface area is 155 Å². The van der Waals surface area contributed by atoms with Gasteiger partial charge in [0.05, 0.1) is 17.1 Å². The fourth-order valence-electron chi connectivity index (χ4n) is 2.56. The van der Waals surface area contributed by atoms with Gasteiger partial charge in [0.1, 0.15) is 0 Å². The summed E-state index contributed by atoms with van der Waals surface area (Å²) in [5, 5.41) is 0. The second-order valence-electron chi connectivity index (χ2n) is 6.33. The number of aliphatic imine (C=N–C) groups is 1. The maximum Gasteiger partial charge on any atom is 0.325 e. The maximum atomic E-state index is 12.0. The zero-order chi connectivity index (χ0) is 19.3. The van der Waals surface area contributed by atoms with Crippen LogP contribution in [0.2, 0.25) is 0 Å². The van der Waals surface area contributed by atoms with E-state index in [-0.39, 0.29) is 6.04 Å². The predicted octanol–water partition coefficient (Wildman–Crippen LogP) is 3.84. The molecule has 0 saturated heterocycles. The molecule has 26 heavy (non-hydrogen) atoms. The summed E-state index contributed by atoms with van der Waals surface area (Å²) in [5.41, 5.74) is 4.24. The van der Waals surface area contributed by atoms with Gasteiger partial charge in [0.25, 0.3) is 5.56 Å². The second-order valence-corrected chi connectivity index (χ2v) is 6.87. The van der Waals surface area contributed by atoms with Crippen molar-refractivity contribution in [2.24, 2.45) is 4.99 Å². The normalized spacial score (nSPS) is 13.4. The number of hydrogen-bond donors (Lipinski definition) is 2. The molecule has 2 N–H and O–H groups in total. The van der Waals surface area contributed by atoms with E-state index in [1.165, 1.54) is 6.20 Å². The fourth-order valence-corrected chi connectivity index (χ4v) is 3.15. The van der Waals surface area contributed by atoms with Crippen LogP contribution in [-0.4, -0.2) is 15.4 Å². The highest BCUT2D eigenvalue weighted by molar-refractivity contribution is 7.42. The van der Waals surface area contributed by atoms with Gasteiger partial charge in [0, 0.05) is 6.20 Å². The molecule has 1 aromatic carbocycles. The molecular weight excluding hydrogens is 345 g/mol. The minimum atomic E-state index is -0.515. The van der Waals surface area contributed by atoms with Gasteiger partial charge < -0.3 is 4.98 Å². The first-order valence-corrected chi connectivity index (χ1v) is 8.94. The van der Waals surface area contributed by atoms with Crippen molar-refractivity contribution in [1.82, 2.24) is 9.97 Å². The number of nitrogens with zero attached hydrogens (tertiary/aromatic N) is 1. The Balaban J connectivity index is 2.40. The van der Waals surface area contributed by atoms with Crippen LogP contribution in [0.25, 0.3) is 5.57 Å². The quantitative estimate of drug-likeness (QED) is 0.477. The first-order chi connectivity index (χ1) is 12.3. The lowest BCUT2D eigenvalue weighted by Crippen LogP contribution is -2.23. The zero-order valence-electron chi connectivity index (χ0n) is 15.5. The number of hydrogen-bond acceptors (Lipinski definition) is 3. The van der Waals surface area contributed by atoms with Crippen LogP contribution in [0.4, 0.5) is 0 Å². The zero-order valence-corrected chi connectivity index (χ0v) is 16.6. The van der Waals surface area contributed by atoms with E-state index in [4.69, 9.17) is 4.99 Å². The third-order valence-electron chi connectivity index (χ3n) is 4.03. The number of H-pyrrole nitrogens is 2. The van der Waals surface area contributed by atoms with Gasteiger partial charge in [-0.3, -0.25) is 14.8 Å². The summed E-state index contributed by atoms with van der Waals surface area (Å²) in [5.74, 6) is 0. The largest absolute Gasteiger partial charge is 0.325 e. The SMILES string of the molecule is CC(C)=C(/C=C(\C)c1c[nH]c(=O)[nH]c1=O)C(P)=NC(C)c1ccccc1. The molecule has 0 aliphatic rings. The average molecular weight is 369 g/mol. The van der Waals surface area contributed by atoms with Gasteiger partial charge in [-0.05, 0) is 50.5 Å². The van der Waals surface area contributed by atoms with E-state index >= 15 is 0 Å². The molecule has 0 radical (unpaired) electrons. The molecule has 0 amide bonds. The van der Waals surface area contributed by atoms with Gasteiger partial charge in [-0.25, -0.2) is 4.79 Å². The minimum Gasteiger partial charge on any atom is -0.314 e. The lowest BCUT2D eigenvalue weighted by molar-refractivity contribution is 0.823. The van der Waals surface area contributed by atoms with Crippen LogP contribution in [0.1, 0.15) is 44.9 Å². The fraction of sp³-hybridized carbons (Fsp3) is 0.250. The van der Waals surface area contributed by atoms with Crippen LogP contribution in [0.3, 0.4) is 0 Å². The number of nitrogens with one attached hydrogen (secondary N) is 2. The van der Waals surface area contributed by atoms with Crippen LogP contribution >= 0.6 is 9.24 Å². The summed E-state index contributed by atoms with van der Waals surface area (Å²) in [6.07, 6.45) is 3.35. The van der Waals surface area contributed by atoms with Crippen LogP contribution in [0.5, 0.6) is 0 Å². The molecule has 1 heterocycles. The molecule has 0 fully saturated rings. The monoisotopic (exact) mass is 369 g/mol. The highest BCUT2D eigenvalue weighted by Crippen LogP contribution is 2.23. The van der Waals surface area contributed by atoms with E-state index in [0.717, 1.165) is 27.7 Å². The first-order valence-electron chi connectivity index (χ1n) is 8.36. The summed E-state index contributed by atoms with van der Waals surface area (Å²) in [4.78, 5) is 32.7. The Kier molecular flexibility index (Phi) is 6.64. The number of benzene rings is 1. The number of rotatable bonds is 5. The highest BCUT2D eigenvalue weighted by atomic mass is 31.0. The lowest BCUT2D eigenvalue weighted by atomic mass is 10.0. The Morgan fingerprint density at radius 1 is 1.15 bits per heavy atom. The summed E-state index contributed by atoms with van der Waals surface area (Å²) < 4.78 is 0. The predicted molar refractivity (Wildman–Crippen MR) is 112 cm³/mol. The standard InChI is InChI=1S/C20H24N3O2P/c1-12(2)16(10-13(3)17-11-21-20(25)23-18(17)24)19(26)22-14(4)15-8-6-5-7-9-15/h5-11,14H,26H2,1-4H3,(H2,21,23,24,25)/b13-10+,22-19?. The third kappa shape index (κ3) is 4.99. The van der Waals surface area contributed by atoms with E-state index in [1.54, 1.807) is 0 Å². The lowest BCUT2D eigenvalue weighted by Gasteiger charge is -2.12. The minimum absolute atomic E-state index is 0.0169. The van der Waals surface area contributed by atoms with Crippen LogP contribution in [0.15, 0.2) is 68.3 Å². The van der Waals surface area contributed by atoms with Gasteiger partial charge in [0.2, 0.25) is 0 Å². The van der Waals surface area contributed by atoms with Crippen LogP contribution in [-0.2, 0) is 0 Å². The number of aromatic amines is 2. The maximum absolute atomic E-state index is 12.0. The van der Waals surface area contributed by atoms with Crippen molar-refractivity contribution in [2.75, 3.05) is 0 Å². The topological polar surface area (TPSA) is 78.1 Å². The smallest absolute Gasteiger partial charge is 0.314 e. The molecule has 0 bridgehead atoms. The Hall–Kier alpha value is -2.52. The molecule has 1 aromatic heterocycles. The molecule has 2 aromatic rings. The van der Waals surface area contributed by atoms with E-state index in [0.29, 0.717) is 5.56 Å². The second kappa shape index (κ2) is 8.72. The first kappa shape index (κ1) is 19.8. The molecule has 0 saturated carbocycles. The van der Waals surface area contributed by atoms with Crippen molar-refractivity contribution < 1.29 is 0 Å². The molecular formula is C20H24N3O2P. The molecule has 2 rings (SSSR count). The number of allylic oxidation sites excluding steroid dienone is 4. The molecule has 0 aliphatic carbocycles. The summed E-state index contributed by atoms with van der Waals surface area (Å²) in [7, 11) is 2.69. The molecule has 0 aliphatic heterocycles. The number of aromatic nitrogens is 2. The molecule has 136 valence electrons. The Morgan fingerprint density at radius 3 is 2.38 bits per heavy atom. The van der Waals surface area contributed by atoms with Crippen molar-refractivity contribution in [3.8, 4) is 0 Å². The summed E-state index contributed by atoms with van der Waals surface area (Å²) >= 11 is 0. The van der Waals surface area contributed by atoms with Gasteiger partial charge >= 0.3 is 5.69 Å². The molecule has 5 nitrogen and oxygen atoms in total. The summed E-state index contributed by atoms with van der Waals surface area (Å²) in [6, 6.07) is 10.1. The van der Waals surface area contributed by atoms with Crippen molar-refractivity contribution in [3.63, 3.8) is 0 Å². The van der Waals surface area contributed by atoms with Crippen molar-refractivity contribution in [2.45, 2.75) is 33.7 Å². The van der Waals surface area contributed by atoms with E-state index in [1.807, 2.05) is 52.0 Å². The average Bonchev–Trinajstić information content (AvgIpc) is 2.59. The van der Waals surface area contributed by atoms with Gasteiger partial charge in [-0.15, -0.1) is 0 Å². The Morgan fingerprint density at radius 2 is 1.81 bits per heavy atom. The van der Waals surface area contributed by atoms with E-state index in [2.05, 4.69) is 31.3 Å². The molecule has 2 atom stereocenters. The van der Waals surface area contributed by atoms with Crippen molar-refractivity contribution in [3.05, 3.63) is 85.7 Å². The molecule has 6 heteroatoms. The van der Waals surface area contributed by atoms with E-state index < -0.39 is 11.2 Å². The van der Waals surface area contributed by atoms with Crippen molar-refractivity contribution in [1.29, 1.82) is 0 Å². The van der Waals surface area contributed by atoms with E-state index in [9.17, 15) is 9.59 Å².